The highest BCUT2D eigenvalue weighted by Gasteiger charge is 2.31. The number of rotatable bonds is 7. The number of halogens is 1. The van der Waals surface area contributed by atoms with Crippen LogP contribution in [0.1, 0.15) is 50.7 Å². The minimum atomic E-state index is 0. The zero-order valence-electron chi connectivity index (χ0n) is 17.8. The van der Waals surface area contributed by atoms with Crippen LogP contribution in [0.15, 0.2) is 29.4 Å². The smallest absolute Gasteiger partial charge is 0.191 e. The lowest BCUT2D eigenvalue weighted by atomic mass is 10.1. The number of aromatic nitrogens is 1. The standard InChI is InChI=1S/C23H35N5.HI/c1-3-17-6-5-7-21-18(16-26-22(17)21)10-13-25-23(24-4-2)27-19-11-14-28(15-12-19)20-8-9-20;/h5-7,16,19-20,26H,3-4,8-15H2,1-2H3,(H2,24,25,27);1H. The number of piperidine rings is 1. The molecule has 160 valence electrons. The number of hydrogen-bond acceptors (Lipinski definition) is 2. The maximum Gasteiger partial charge on any atom is 0.191 e. The number of fused-ring (bicyclic) bond motifs is 1. The summed E-state index contributed by atoms with van der Waals surface area (Å²) in [6, 6.07) is 8.05. The highest BCUT2D eigenvalue weighted by atomic mass is 127. The quantitative estimate of drug-likeness (QED) is 0.300. The Balaban J connectivity index is 0.00000240. The van der Waals surface area contributed by atoms with E-state index in [1.54, 1.807) is 0 Å². The van der Waals surface area contributed by atoms with Crippen molar-refractivity contribution in [3.05, 3.63) is 35.5 Å². The first-order chi connectivity index (χ1) is 13.8. The molecule has 2 fully saturated rings. The number of aromatic amines is 1. The number of benzene rings is 1. The van der Waals surface area contributed by atoms with Crippen LogP contribution in [0.2, 0.25) is 0 Å². The maximum absolute atomic E-state index is 4.87. The number of nitrogens with zero attached hydrogens (tertiary/aromatic N) is 2. The molecule has 2 aliphatic rings. The molecule has 3 N–H and O–H groups in total. The van der Waals surface area contributed by atoms with Gasteiger partial charge in [-0.3, -0.25) is 4.99 Å². The minimum Gasteiger partial charge on any atom is -0.361 e. The molecule has 1 saturated carbocycles. The fourth-order valence-corrected chi connectivity index (χ4v) is 4.43. The molecule has 2 heterocycles. The van der Waals surface area contributed by atoms with E-state index in [4.69, 9.17) is 4.99 Å². The van der Waals surface area contributed by atoms with Crippen LogP contribution < -0.4 is 10.6 Å². The van der Waals surface area contributed by atoms with Crippen LogP contribution in [-0.4, -0.2) is 54.1 Å². The second kappa shape index (κ2) is 10.7. The van der Waals surface area contributed by atoms with E-state index in [9.17, 15) is 0 Å². The molecule has 1 aromatic carbocycles. The van der Waals surface area contributed by atoms with Crippen molar-refractivity contribution in [1.82, 2.24) is 20.5 Å². The summed E-state index contributed by atoms with van der Waals surface area (Å²) in [5.74, 6) is 0.974. The lowest BCUT2D eigenvalue weighted by Crippen LogP contribution is -2.49. The van der Waals surface area contributed by atoms with Crippen LogP contribution >= 0.6 is 24.0 Å². The molecule has 5 nitrogen and oxygen atoms in total. The van der Waals surface area contributed by atoms with Gasteiger partial charge in [0.05, 0.1) is 0 Å². The van der Waals surface area contributed by atoms with Crippen molar-refractivity contribution in [2.24, 2.45) is 4.99 Å². The predicted octanol–water partition coefficient (Wildman–Crippen LogP) is 4.07. The summed E-state index contributed by atoms with van der Waals surface area (Å²) in [6.45, 7) is 8.52. The summed E-state index contributed by atoms with van der Waals surface area (Å²) in [7, 11) is 0. The van der Waals surface area contributed by atoms with Gasteiger partial charge < -0.3 is 20.5 Å². The lowest BCUT2D eigenvalue weighted by molar-refractivity contribution is 0.197. The summed E-state index contributed by atoms with van der Waals surface area (Å²) in [6.07, 6.45) is 9.46. The van der Waals surface area contributed by atoms with Gasteiger partial charge in [-0.1, -0.05) is 25.1 Å². The largest absolute Gasteiger partial charge is 0.361 e. The number of para-hydroxylation sites is 1. The van der Waals surface area contributed by atoms with Crippen molar-refractivity contribution in [1.29, 1.82) is 0 Å². The summed E-state index contributed by atoms with van der Waals surface area (Å²) < 4.78 is 0. The summed E-state index contributed by atoms with van der Waals surface area (Å²) in [5, 5.41) is 8.45. The molecule has 1 aromatic heterocycles. The predicted molar refractivity (Wildman–Crippen MR) is 134 cm³/mol. The van der Waals surface area contributed by atoms with E-state index >= 15 is 0 Å². The van der Waals surface area contributed by atoms with Crippen molar-refractivity contribution < 1.29 is 0 Å². The monoisotopic (exact) mass is 509 g/mol. The van der Waals surface area contributed by atoms with Gasteiger partial charge >= 0.3 is 0 Å². The van der Waals surface area contributed by atoms with Crippen LogP contribution in [0.3, 0.4) is 0 Å². The molecule has 0 atom stereocenters. The molecule has 0 radical (unpaired) electrons. The van der Waals surface area contributed by atoms with Crippen LogP contribution in [0.5, 0.6) is 0 Å². The third-order valence-corrected chi connectivity index (χ3v) is 6.20. The minimum absolute atomic E-state index is 0. The average molecular weight is 509 g/mol. The Morgan fingerprint density at radius 2 is 1.93 bits per heavy atom. The van der Waals surface area contributed by atoms with Gasteiger partial charge in [0.2, 0.25) is 0 Å². The van der Waals surface area contributed by atoms with Crippen molar-refractivity contribution >= 4 is 40.8 Å². The average Bonchev–Trinajstić information content (AvgIpc) is 3.49. The number of guanidine groups is 1. The van der Waals surface area contributed by atoms with E-state index in [-0.39, 0.29) is 24.0 Å². The second-order valence-corrected chi connectivity index (χ2v) is 8.20. The zero-order valence-corrected chi connectivity index (χ0v) is 20.2. The number of H-pyrrole nitrogens is 1. The second-order valence-electron chi connectivity index (χ2n) is 8.20. The number of nitrogens with one attached hydrogen (secondary N) is 3. The zero-order chi connectivity index (χ0) is 19.3. The van der Waals surface area contributed by atoms with E-state index < -0.39 is 0 Å². The van der Waals surface area contributed by atoms with Gasteiger partial charge in [-0.15, -0.1) is 24.0 Å². The molecule has 0 bridgehead atoms. The van der Waals surface area contributed by atoms with E-state index in [2.05, 4.69) is 58.8 Å². The van der Waals surface area contributed by atoms with Crippen LogP contribution in [0, 0.1) is 0 Å². The van der Waals surface area contributed by atoms with Gasteiger partial charge in [0.25, 0.3) is 0 Å². The molecule has 1 aliphatic heterocycles. The first kappa shape index (κ1) is 22.4. The van der Waals surface area contributed by atoms with Gasteiger partial charge in [-0.25, -0.2) is 0 Å². The number of aryl methyl sites for hydroxylation is 1. The Morgan fingerprint density at radius 3 is 2.62 bits per heavy atom. The SMILES string of the molecule is CCNC(=NCCc1c[nH]c2c(CC)cccc12)NC1CCN(C2CC2)CC1.I. The summed E-state index contributed by atoms with van der Waals surface area (Å²) in [4.78, 5) is 11.0. The lowest BCUT2D eigenvalue weighted by Gasteiger charge is -2.33. The van der Waals surface area contributed by atoms with Crippen molar-refractivity contribution in [3.63, 3.8) is 0 Å². The number of hydrogen-bond donors (Lipinski definition) is 3. The van der Waals surface area contributed by atoms with E-state index in [0.29, 0.717) is 6.04 Å². The summed E-state index contributed by atoms with van der Waals surface area (Å²) in [5.41, 5.74) is 4.04. The molecular weight excluding hydrogens is 473 g/mol. The Labute approximate surface area is 192 Å². The van der Waals surface area contributed by atoms with Crippen LogP contribution in [0.25, 0.3) is 10.9 Å². The first-order valence-electron chi connectivity index (χ1n) is 11.1. The molecule has 4 rings (SSSR count). The number of likely N-dealkylation sites (tertiary alicyclic amines) is 1. The molecule has 0 unspecified atom stereocenters. The molecule has 0 amide bonds. The van der Waals surface area contributed by atoms with Crippen LogP contribution in [0.4, 0.5) is 0 Å². The molecule has 1 saturated heterocycles. The number of aliphatic imine (C=N–C) groups is 1. The molecule has 1 aliphatic carbocycles. The van der Waals surface area contributed by atoms with Gasteiger partial charge in [0, 0.05) is 55.4 Å². The Morgan fingerprint density at radius 1 is 1.14 bits per heavy atom. The van der Waals surface area contributed by atoms with Gasteiger partial charge in [-0.05, 0) is 56.6 Å². The molecule has 2 aromatic rings. The fraction of sp³-hybridized carbons (Fsp3) is 0.609. The van der Waals surface area contributed by atoms with Crippen molar-refractivity contribution in [3.8, 4) is 0 Å². The van der Waals surface area contributed by atoms with E-state index in [0.717, 1.165) is 37.9 Å². The summed E-state index contributed by atoms with van der Waals surface area (Å²) >= 11 is 0. The molecule has 6 heteroatoms. The third kappa shape index (κ3) is 5.66. The topological polar surface area (TPSA) is 55.5 Å². The first-order valence-corrected chi connectivity index (χ1v) is 11.1. The normalized spacial score (nSPS) is 18.6. The van der Waals surface area contributed by atoms with E-state index in [1.165, 1.54) is 60.8 Å². The van der Waals surface area contributed by atoms with Gasteiger partial charge in [0.15, 0.2) is 5.96 Å². The van der Waals surface area contributed by atoms with Gasteiger partial charge in [0.1, 0.15) is 0 Å². The fourth-order valence-electron chi connectivity index (χ4n) is 4.43. The molecule has 29 heavy (non-hydrogen) atoms. The van der Waals surface area contributed by atoms with Crippen LogP contribution in [-0.2, 0) is 12.8 Å². The molecule has 0 spiro atoms. The van der Waals surface area contributed by atoms with Crippen molar-refractivity contribution in [2.75, 3.05) is 26.2 Å². The van der Waals surface area contributed by atoms with Crippen molar-refractivity contribution in [2.45, 2.75) is 64.5 Å². The Bertz CT molecular complexity index is 803. The van der Waals surface area contributed by atoms with E-state index in [1.807, 2.05) is 0 Å². The Kier molecular flexibility index (Phi) is 8.24. The van der Waals surface area contributed by atoms with Gasteiger partial charge in [-0.2, -0.15) is 0 Å². The Hall–Kier alpha value is -1.28. The maximum atomic E-state index is 4.87. The molecular formula is C23H36IN5. The third-order valence-electron chi connectivity index (χ3n) is 6.20. The highest BCUT2D eigenvalue weighted by molar-refractivity contribution is 14.0. The highest BCUT2D eigenvalue weighted by Crippen LogP contribution is 2.29.